The Morgan fingerprint density at radius 3 is 1.14 bits per heavy atom. The molecule has 3 fully saturated rings. The summed E-state index contributed by atoms with van der Waals surface area (Å²) in [6, 6.07) is 36.1. The van der Waals surface area contributed by atoms with Gasteiger partial charge < -0.3 is 59.9 Å². The van der Waals surface area contributed by atoms with Crippen molar-refractivity contribution in [3.05, 3.63) is 97.1 Å². The van der Waals surface area contributed by atoms with Crippen LogP contribution in [-0.2, 0) is 13.1 Å². The van der Waals surface area contributed by atoms with Gasteiger partial charge >= 0.3 is 0 Å². The van der Waals surface area contributed by atoms with Crippen LogP contribution < -0.4 is 69.9 Å². The van der Waals surface area contributed by atoms with Gasteiger partial charge in [0.25, 0.3) is 11.6 Å². The average molecular weight is 929 g/mol. The van der Waals surface area contributed by atoms with E-state index in [4.69, 9.17) is 0 Å². The van der Waals surface area contributed by atoms with E-state index in [2.05, 4.69) is 116 Å². The highest BCUT2D eigenvalue weighted by atomic mass is 79.9. The minimum Gasteiger partial charge on any atom is -1.00 e. The van der Waals surface area contributed by atoms with Crippen molar-refractivity contribution in [2.45, 2.75) is 13.1 Å². The number of benzene rings is 4. The van der Waals surface area contributed by atoms with Crippen LogP contribution in [0.3, 0.4) is 0 Å². The van der Waals surface area contributed by atoms with Gasteiger partial charge in [0.05, 0.1) is 10.8 Å². The maximum Gasteiger partial charge on any atom is 0.285 e. The molecule has 0 atom stereocenters. The zero-order valence-corrected chi connectivity index (χ0v) is 34.8. The van der Waals surface area contributed by atoms with Gasteiger partial charge in [0.2, 0.25) is 0 Å². The number of pyridine rings is 2. The number of fused-ring (bicyclic) bond motifs is 15. The molecule has 262 valence electrons. The first-order chi connectivity index (χ1) is 22.7. The summed E-state index contributed by atoms with van der Waals surface area (Å²) in [5.41, 5.74) is 2.76. The van der Waals surface area contributed by atoms with Crippen molar-refractivity contribution in [1.29, 1.82) is 0 Å². The molecule has 3 saturated heterocycles. The predicted octanol–water partition coefficient (Wildman–Crippen LogP) is -3.53. The summed E-state index contributed by atoms with van der Waals surface area (Å²) in [5, 5.41) is 8.36. The number of para-hydroxylation sites is 2. The molecule has 4 aromatic carbocycles. The Morgan fingerprint density at radius 1 is 0.440 bits per heavy atom. The van der Waals surface area contributed by atoms with Crippen molar-refractivity contribution in [2.75, 3.05) is 88.3 Å². The highest BCUT2D eigenvalue weighted by Gasteiger charge is 2.50. The second-order valence-corrected chi connectivity index (χ2v) is 14.5. The van der Waals surface area contributed by atoms with Crippen molar-refractivity contribution >= 4 is 72.0 Å². The summed E-state index contributed by atoms with van der Waals surface area (Å²) in [6.07, 6.45) is 0. The third-order valence-corrected chi connectivity index (χ3v) is 12.4. The molecular formula is C40H45Br4N6+. The van der Waals surface area contributed by atoms with Crippen LogP contribution in [0.2, 0.25) is 0 Å². The fraction of sp³-hybridized carbons (Fsp3) is 0.350. The van der Waals surface area contributed by atoms with Crippen LogP contribution in [0.1, 0.15) is 0 Å². The minimum absolute atomic E-state index is 0. The lowest BCUT2D eigenvalue weighted by Crippen LogP contribution is -3.00. The molecule has 2 bridgehead atoms. The van der Waals surface area contributed by atoms with E-state index >= 15 is 0 Å². The molecule has 0 N–H and O–H groups in total. The van der Waals surface area contributed by atoms with Gasteiger partial charge in [0, 0.05) is 21.5 Å². The van der Waals surface area contributed by atoms with E-state index in [0.717, 1.165) is 39.3 Å². The van der Waals surface area contributed by atoms with E-state index < -0.39 is 0 Å². The van der Waals surface area contributed by atoms with E-state index in [1.807, 2.05) is 0 Å². The second-order valence-electron chi connectivity index (χ2n) is 14.5. The molecule has 5 aliphatic rings. The first-order valence-electron chi connectivity index (χ1n) is 17.6. The molecule has 5 aliphatic heterocycles. The number of hydrogen-bond donors (Lipinski definition) is 0. The van der Waals surface area contributed by atoms with Gasteiger partial charge in [0.1, 0.15) is 103 Å². The largest absolute Gasteiger partial charge is 1.00 e. The molecule has 10 heteroatoms. The molecule has 0 unspecified atom stereocenters. The van der Waals surface area contributed by atoms with E-state index in [1.165, 1.54) is 116 Å². The van der Waals surface area contributed by atoms with Gasteiger partial charge in [-0.2, -0.15) is 0 Å². The Hall–Kier alpha value is -2.34. The topological polar surface area (TPSA) is 14.2 Å². The summed E-state index contributed by atoms with van der Waals surface area (Å²) in [6.45, 7) is 17.3. The quantitative estimate of drug-likeness (QED) is 0.0979. The van der Waals surface area contributed by atoms with E-state index in [1.54, 1.807) is 0 Å². The lowest BCUT2D eigenvalue weighted by molar-refractivity contribution is -1.08. The van der Waals surface area contributed by atoms with Gasteiger partial charge in [-0.3, -0.25) is 9.80 Å². The third-order valence-electron chi connectivity index (χ3n) is 12.4. The molecule has 2 aromatic heterocycles. The molecule has 7 heterocycles. The Morgan fingerprint density at radius 2 is 0.760 bits per heavy atom. The highest BCUT2D eigenvalue weighted by molar-refractivity contribution is 8.93. The Balaban J connectivity index is 0.00000108. The smallest absolute Gasteiger partial charge is 0.285 e. The number of anilines is 2. The summed E-state index contributed by atoms with van der Waals surface area (Å²) in [5.74, 6) is 2.88. The van der Waals surface area contributed by atoms with Crippen molar-refractivity contribution in [1.82, 2.24) is 0 Å². The molecule has 11 rings (SSSR count). The zero-order valence-electron chi connectivity index (χ0n) is 28.4. The van der Waals surface area contributed by atoms with Crippen LogP contribution in [0.5, 0.6) is 0 Å². The SMILES string of the molecule is Br.[Br-].[Br-].[Br-].c1ccc2c(c1)c1[n+](c3ccccc23)CCN1CC[N+]12CC[N+](CCN3CC[n+]4c3c3ccccc3c3ccccc34)(CC1)CC2. The number of aromatic nitrogens is 2. The van der Waals surface area contributed by atoms with Crippen LogP contribution in [0.25, 0.3) is 43.4 Å². The maximum atomic E-state index is 2.71. The number of piperazine rings is 3. The van der Waals surface area contributed by atoms with Gasteiger partial charge in [-0.25, -0.2) is 9.13 Å². The van der Waals surface area contributed by atoms with E-state index in [9.17, 15) is 0 Å². The molecular weight excluding hydrogens is 884 g/mol. The molecule has 0 spiro atoms. The molecule has 6 nitrogen and oxygen atoms in total. The third kappa shape index (κ3) is 5.86. The monoisotopic (exact) mass is 925 g/mol. The summed E-state index contributed by atoms with van der Waals surface area (Å²) >= 11 is 0. The van der Waals surface area contributed by atoms with Gasteiger partial charge in [0.15, 0.2) is 0 Å². The van der Waals surface area contributed by atoms with Crippen LogP contribution in [0.4, 0.5) is 11.6 Å². The van der Waals surface area contributed by atoms with Crippen LogP contribution in [-0.4, -0.2) is 87.5 Å². The predicted molar refractivity (Wildman–Crippen MR) is 198 cm³/mol. The molecule has 0 saturated carbocycles. The number of quaternary nitrogens is 2. The van der Waals surface area contributed by atoms with Crippen LogP contribution in [0.15, 0.2) is 97.1 Å². The first kappa shape index (κ1) is 37.4. The number of halogens is 4. The summed E-state index contributed by atoms with van der Waals surface area (Å²) in [7, 11) is 0. The number of nitrogens with zero attached hydrogens (tertiary/aromatic N) is 6. The first-order valence-corrected chi connectivity index (χ1v) is 17.6. The Kier molecular flexibility index (Phi) is 10.9. The Labute approximate surface area is 337 Å². The van der Waals surface area contributed by atoms with Gasteiger partial charge in [-0.05, 0) is 24.3 Å². The zero-order chi connectivity index (χ0) is 30.3. The summed E-state index contributed by atoms with van der Waals surface area (Å²) in [4.78, 5) is 5.42. The second kappa shape index (κ2) is 14.6. The molecule has 6 aromatic rings. The highest BCUT2D eigenvalue weighted by Crippen LogP contribution is 2.35. The van der Waals surface area contributed by atoms with Crippen molar-refractivity contribution in [3.8, 4) is 0 Å². The fourth-order valence-electron chi connectivity index (χ4n) is 9.72. The lowest BCUT2D eigenvalue weighted by atomic mass is 10.0. The van der Waals surface area contributed by atoms with Crippen LogP contribution >= 0.6 is 17.0 Å². The van der Waals surface area contributed by atoms with Gasteiger partial charge in [-0.1, -0.05) is 72.8 Å². The van der Waals surface area contributed by atoms with E-state index in [-0.39, 0.29) is 67.9 Å². The molecule has 50 heavy (non-hydrogen) atoms. The average Bonchev–Trinajstić information content (AvgIpc) is 3.77. The number of rotatable bonds is 6. The Bertz CT molecular complexity index is 2010. The normalized spacial score (nSPS) is 21.8. The lowest BCUT2D eigenvalue weighted by Gasteiger charge is -2.55. The summed E-state index contributed by atoms with van der Waals surface area (Å²) < 4.78 is 7.82. The maximum absolute atomic E-state index is 2.71. The van der Waals surface area contributed by atoms with Crippen LogP contribution in [0, 0.1) is 0 Å². The van der Waals surface area contributed by atoms with Crippen molar-refractivity contribution < 1.29 is 69.0 Å². The van der Waals surface area contributed by atoms with Crippen molar-refractivity contribution in [3.63, 3.8) is 0 Å². The minimum atomic E-state index is 0. The molecule has 0 aliphatic carbocycles. The van der Waals surface area contributed by atoms with E-state index in [0.29, 0.717) is 0 Å². The number of hydrogen-bond acceptors (Lipinski definition) is 2. The molecule has 0 radical (unpaired) electrons. The van der Waals surface area contributed by atoms with Gasteiger partial charge in [-0.15, -0.1) is 17.0 Å². The standard InChI is InChI=1S/C40H44N6.4BrH/c1-3-13-35-31(9-1)33-11-5-7-15-37(33)43-19-17-41(39(35)43)21-23-45-25-28-46(29-26-45,30-27-45)24-22-42-18-20-44-38-16-8-6-12-34(38)32-10-2-4-14-36(32)40(42)44;;;;/h1-16H,17-30H2;4*1H/q+4;;;;/p-3. The van der Waals surface area contributed by atoms with Crippen molar-refractivity contribution in [2.24, 2.45) is 0 Å². The molecule has 0 amide bonds. The fourth-order valence-corrected chi connectivity index (χ4v) is 9.72.